The molecule has 1 fully saturated rings. The van der Waals surface area contributed by atoms with E-state index in [4.69, 9.17) is 34.8 Å². The van der Waals surface area contributed by atoms with Crippen molar-refractivity contribution < 1.29 is 14.4 Å². The summed E-state index contributed by atoms with van der Waals surface area (Å²) < 4.78 is 1.98. The summed E-state index contributed by atoms with van der Waals surface area (Å²) in [7, 11) is 0. The van der Waals surface area contributed by atoms with E-state index in [0.717, 1.165) is 22.0 Å². The average molecular weight is 489 g/mol. The standard InChI is InChI=1S/C23H16Cl3N3O3/c1-12-9-14(13(2)28(12)17-6-3-15(24)4-7-17)10-18-21(30)27-23(32)29(22(18)31)20-8-5-16(25)11-19(20)26/h3-11H,1-2H3,(H,27,30,32)/b18-10+. The van der Waals surface area contributed by atoms with E-state index in [0.29, 0.717) is 15.6 Å². The van der Waals surface area contributed by atoms with Crippen molar-refractivity contribution in [2.24, 2.45) is 0 Å². The lowest BCUT2D eigenvalue weighted by atomic mass is 10.1. The average Bonchev–Trinajstić information content (AvgIpc) is 3.00. The molecule has 32 heavy (non-hydrogen) atoms. The number of halogens is 3. The van der Waals surface area contributed by atoms with Crippen LogP contribution in [0.25, 0.3) is 11.8 Å². The zero-order chi connectivity index (χ0) is 23.2. The number of nitrogens with one attached hydrogen (secondary N) is 1. The van der Waals surface area contributed by atoms with Crippen molar-refractivity contribution in [2.45, 2.75) is 13.8 Å². The molecule has 1 N–H and O–H groups in total. The van der Waals surface area contributed by atoms with Gasteiger partial charge in [0.05, 0.1) is 10.7 Å². The summed E-state index contributed by atoms with van der Waals surface area (Å²) in [6.07, 6.45) is 1.47. The fourth-order valence-corrected chi connectivity index (χ4v) is 4.23. The van der Waals surface area contributed by atoms with Gasteiger partial charge in [-0.3, -0.25) is 14.9 Å². The number of hydrogen-bond acceptors (Lipinski definition) is 3. The maximum Gasteiger partial charge on any atom is 0.335 e. The predicted molar refractivity (Wildman–Crippen MR) is 126 cm³/mol. The van der Waals surface area contributed by atoms with Gasteiger partial charge in [-0.1, -0.05) is 34.8 Å². The predicted octanol–water partition coefficient (Wildman–Crippen LogP) is 5.72. The van der Waals surface area contributed by atoms with Crippen LogP contribution in [0.1, 0.15) is 17.0 Å². The summed E-state index contributed by atoms with van der Waals surface area (Å²) >= 11 is 18.1. The normalized spacial score (nSPS) is 15.5. The van der Waals surface area contributed by atoms with Crippen molar-refractivity contribution >= 4 is 64.4 Å². The molecule has 3 aromatic rings. The Morgan fingerprint density at radius 3 is 2.19 bits per heavy atom. The number of hydrogen-bond donors (Lipinski definition) is 1. The number of aromatic nitrogens is 1. The summed E-state index contributed by atoms with van der Waals surface area (Å²) in [5.41, 5.74) is 3.20. The van der Waals surface area contributed by atoms with Crippen LogP contribution in [-0.2, 0) is 9.59 Å². The van der Waals surface area contributed by atoms with Gasteiger partial charge in [0.25, 0.3) is 11.8 Å². The van der Waals surface area contributed by atoms with Gasteiger partial charge in [0.1, 0.15) is 5.57 Å². The van der Waals surface area contributed by atoms with Gasteiger partial charge in [0.2, 0.25) is 0 Å². The highest BCUT2D eigenvalue weighted by atomic mass is 35.5. The quantitative estimate of drug-likeness (QED) is 0.378. The lowest BCUT2D eigenvalue weighted by molar-refractivity contribution is -0.122. The van der Waals surface area contributed by atoms with Gasteiger partial charge in [-0.2, -0.15) is 0 Å². The molecule has 1 aromatic heterocycles. The third-order valence-electron chi connectivity index (χ3n) is 5.11. The Balaban J connectivity index is 1.77. The van der Waals surface area contributed by atoms with Crippen LogP contribution in [0.4, 0.5) is 10.5 Å². The number of barbiturate groups is 1. The second kappa shape index (κ2) is 8.47. The molecule has 2 aromatic carbocycles. The van der Waals surface area contributed by atoms with Crippen LogP contribution in [0.2, 0.25) is 15.1 Å². The Hall–Kier alpha value is -3.06. The molecule has 2 heterocycles. The SMILES string of the molecule is Cc1cc(/C=C2\C(=O)NC(=O)N(c3ccc(Cl)cc3Cl)C2=O)c(C)n1-c1ccc(Cl)cc1. The van der Waals surface area contributed by atoms with Gasteiger partial charge in [0, 0.05) is 27.1 Å². The monoisotopic (exact) mass is 487 g/mol. The Morgan fingerprint density at radius 2 is 1.53 bits per heavy atom. The topological polar surface area (TPSA) is 71.4 Å². The summed E-state index contributed by atoms with van der Waals surface area (Å²) in [5.74, 6) is -1.56. The summed E-state index contributed by atoms with van der Waals surface area (Å²) in [5, 5.41) is 3.27. The molecule has 4 amide bonds. The third-order valence-corrected chi connectivity index (χ3v) is 5.90. The second-order valence-electron chi connectivity index (χ2n) is 7.19. The van der Waals surface area contributed by atoms with Crippen molar-refractivity contribution in [1.29, 1.82) is 0 Å². The molecule has 4 rings (SSSR count). The van der Waals surface area contributed by atoms with Crippen molar-refractivity contribution in [3.8, 4) is 5.69 Å². The number of carbonyl (C=O) groups is 3. The zero-order valence-corrected chi connectivity index (χ0v) is 19.2. The Labute approximate surface area is 199 Å². The maximum absolute atomic E-state index is 13.2. The Bertz CT molecular complexity index is 1310. The zero-order valence-electron chi connectivity index (χ0n) is 16.9. The number of carbonyl (C=O) groups excluding carboxylic acids is 3. The van der Waals surface area contributed by atoms with Gasteiger partial charge in [0.15, 0.2) is 0 Å². The lowest BCUT2D eigenvalue weighted by Gasteiger charge is -2.27. The largest absolute Gasteiger partial charge is 0.335 e. The molecule has 0 atom stereocenters. The molecule has 1 aliphatic rings. The number of aryl methyl sites for hydroxylation is 1. The molecule has 0 saturated carbocycles. The second-order valence-corrected chi connectivity index (χ2v) is 8.47. The van der Waals surface area contributed by atoms with E-state index in [1.165, 1.54) is 24.3 Å². The van der Waals surface area contributed by atoms with Crippen molar-refractivity contribution in [3.63, 3.8) is 0 Å². The minimum Gasteiger partial charge on any atom is -0.318 e. The third kappa shape index (κ3) is 3.93. The highest BCUT2D eigenvalue weighted by Crippen LogP contribution is 2.32. The number of benzene rings is 2. The molecule has 9 heteroatoms. The first-order valence-electron chi connectivity index (χ1n) is 9.49. The Morgan fingerprint density at radius 1 is 0.875 bits per heavy atom. The fourth-order valence-electron chi connectivity index (χ4n) is 3.62. The smallest absolute Gasteiger partial charge is 0.318 e. The van der Waals surface area contributed by atoms with Crippen LogP contribution in [0.15, 0.2) is 54.1 Å². The molecular formula is C23H16Cl3N3O3. The van der Waals surface area contributed by atoms with Crippen LogP contribution >= 0.6 is 34.8 Å². The van der Waals surface area contributed by atoms with E-state index < -0.39 is 17.8 Å². The summed E-state index contributed by atoms with van der Waals surface area (Å²) in [4.78, 5) is 38.9. The van der Waals surface area contributed by atoms with E-state index in [-0.39, 0.29) is 16.3 Å². The summed E-state index contributed by atoms with van der Waals surface area (Å²) in [6, 6.07) is 12.7. The highest BCUT2D eigenvalue weighted by Gasteiger charge is 2.38. The number of nitrogens with zero attached hydrogens (tertiary/aromatic N) is 2. The number of amides is 4. The van der Waals surface area contributed by atoms with Crippen LogP contribution in [-0.4, -0.2) is 22.4 Å². The molecule has 1 saturated heterocycles. The van der Waals surface area contributed by atoms with Gasteiger partial charge in [-0.05, 0) is 74.0 Å². The molecule has 0 bridgehead atoms. The summed E-state index contributed by atoms with van der Waals surface area (Å²) in [6.45, 7) is 3.79. The van der Waals surface area contributed by atoms with Gasteiger partial charge in [-0.15, -0.1) is 0 Å². The van der Waals surface area contributed by atoms with Crippen LogP contribution in [0.5, 0.6) is 0 Å². The molecule has 162 valence electrons. The van der Waals surface area contributed by atoms with E-state index >= 15 is 0 Å². The molecule has 0 unspecified atom stereocenters. The lowest BCUT2D eigenvalue weighted by Crippen LogP contribution is -2.54. The van der Waals surface area contributed by atoms with Gasteiger partial charge >= 0.3 is 6.03 Å². The first kappa shape index (κ1) is 22.1. The molecule has 0 spiro atoms. The molecule has 0 radical (unpaired) electrons. The number of rotatable bonds is 3. The number of urea groups is 1. The highest BCUT2D eigenvalue weighted by molar-refractivity contribution is 6.42. The Kier molecular flexibility index (Phi) is 5.86. The minimum atomic E-state index is -0.881. The van der Waals surface area contributed by atoms with Crippen LogP contribution in [0.3, 0.4) is 0 Å². The van der Waals surface area contributed by atoms with Gasteiger partial charge < -0.3 is 4.57 Å². The number of anilines is 1. The van der Waals surface area contributed by atoms with Crippen molar-refractivity contribution in [2.75, 3.05) is 4.90 Å². The number of imide groups is 2. The fraction of sp³-hybridized carbons (Fsp3) is 0.0870. The van der Waals surface area contributed by atoms with Gasteiger partial charge in [-0.25, -0.2) is 9.69 Å². The first-order chi connectivity index (χ1) is 15.2. The van der Waals surface area contributed by atoms with E-state index in [1.807, 2.05) is 36.6 Å². The van der Waals surface area contributed by atoms with Crippen LogP contribution < -0.4 is 10.2 Å². The first-order valence-corrected chi connectivity index (χ1v) is 10.6. The van der Waals surface area contributed by atoms with E-state index in [2.05, 4.69) is 5.32 Å². The molecule has 0 aliphatic carbocycles. The van der Waals surface area contributed by atoms with E-state index in [1.54, 1.807) is 12.1 Å². The molecule has 1 aliphatic heterocycles. The maximum atomic E-state index is 13.2. The van der Waals surface area contributed by atoms with Crippen molar-refractivity contribution in [1.82, 2.24) is 9.88 Å². The molecule has 6 nitrogen and oxygen atoms in total. The van der Waals surface area contributed by atoms with Crippen molar-refractivity contribution in [3.05, 3.63) is 86.1 Å². The van der Waals surface area contributed by atoms with E-state index in [9.17, 15) is 14.4 Å². The minimum absolute atomic E-state index is 0.107. The molecular weight excluding hydrogens is 473 g/mol. The van der Waals surface area contributed by atoms with Crippen LogP contribution in [0, 0.1) is 13.8 Å².